The van der Waals surface area contributed by atoms with Crippen molar-refractivity contribution in [2.75, 3.05) is 0 Å². The van der Waals surface area contributed by atoms with Crippen LogP contribution in [0.4, 0.5) is 0 Å². The van der Waals surface area contributed by atoms with Crippen molar-refractivity contribution in [1.29, 1.82) is 0 Å². The maximum atomic E-state index is 13.1. The second-order valence-corrected chi connectivity index (χ2v) is 9.86. The topological polar surface area (TPSA) is 46.5 Å². The van der Waals surface area contributed by atoms with Gasteiger partial charge in [-0.15, -0.1) is 0 Å². The molecule has 31 heavy (non-hydrogen) atoms. The van der Waals surface area contributed by atoms with Crippen LogP contribution in [0.2, 0.25) is 0 Å². The predicted octanol–water partition coefficient (Wildman–Crippen LogP) is 3.82. The first-order valence-electron chi connectivity index (χ1n) is 10.7. The fraction of sp³-hybridized carbons (Fsp3) is 0.148. The molecule has 152 valence electrons. The van der Waals surface area contributed by atoms with Gasteiger partial charge in [0.2, 0.25) is 0 Å². The summed E-state index contributed by atoms with van der Waals surface area (Å²) < 4.78 is 30.5. The van der Waals surface area contributed by atoms with Gasteiger partial charge in [-0.1, -0.05) is 72.8 Å². The van der Waals surface area contributed by atoms with Crippen molar-refractivity contribution in [1.82, 2.24) is 0 Å². The molecule has 1 unspecified atom stereocenters. The Balaban J connectivity index is 1.61. The summed E-state index contributed by atoms with van der Waals surface area (Å²) in [7, 11) is -3.74. The number of hydrogen-bond acceptors (Lipinski definition) is 2. The minimum atomic E-state index is -3.74. The van der Waals surface area contributed by atoms with E-state index in [4.69, 9.17) is 0 Å². The van der Waals surface area contributed by atoms with Gasteiger partial charge in [0.15, 0.2) is 0 Å². The first-order valence-corrected chi connectivity index (χ1v) is 12.1. The van der Waals surface area contributed by atoms with Gasteiger partial charge in [-0.05, 0) is 69.0 Å². The number of rotatable bonds is 1. The van der Waals surface area contributed by atoms with Gasteiger partial charge in [-0.2, -0.15) is 12.8 Å². The lowest BCUT2D eigenvalue weighted by atomic mass is 9.79. The number of benzene rings is 3. The summed E-state index contributed by atoms with van der Waals surface area (Å²) in [6.07, 6.45) is 11.0. The zero-order chi connectivity index (χ0) is 21.0. The molecule has 0 N–H and O–H groups in total. The zero-order valence-corrected chi connectivity index (χ0v) is 17.8. The minimum Gasteiger partial charge on any atom is -0.199 e. The Morgan fingerprint density at radius 2 is 1.65 bits per heavy atom. The van der Waals surface area contributed by atoms with Crippen molar-refractivity contribution in [2.24, 2.45) is 4.40 Å². The highest BCUT2D eigenvalue weighted by atomic mass is 32.2. The smallest absolute Gasteiger partial charge is 0.199 e. The van der Waals surface area contributed by atoms with Gasteiger partial charge < -0.3 is 0 Å². The minimum absolute atomic E-state index is 0.0334. The van der Waals surface area contributed by atoms with Crippen molar-refractivity contribution in [3.05, 3.63) is 104 Å². The Morgan fingerprint density at radius 3 is 2.58 bits per heavy atom. The average molecular weight is 424 g/mol. The Morgan fingerprint density at radius 1 is 0.806 bits per heavy atom. The van der Waals surface area contributed by atoms with Crippen molar-refractivity contribution in [3.8, 4) is 0 Å². The van der Waals surface area contributed by atoms with E-state index in [0.29, 0.717) is 11.3 Å². The molecule has 0 saturated carbocycles. The molecule has 0 aromatic heterocycles. The Kier molecular flexibility index (Phi) is 4.12. The van der Waals surface area contributed by atoms with Gasteiger partial charge in [0.1, 0.15) is 0 Å². The molecule has 6 rings (SSSR count). The Hall–Kier alpha value is -3.24. The lowest BCUT2D eigenvalue weighted by molar-refractivity contribution is 0.597. The van der Waals surface area contributed by atoms with Crippen LogP contribution < -0.4 is 10.4 Å². The standard InChI is InChI=1S/C27H21NO2S/c29-31(30)26-11-4-2-7-19(26)14-17-25(28-31)24-10-5-8-20-13-15-22-21-9-3-1-6-18(21)12-16-23(22)27(20)24/h1-4,6-9,11-15,17,24H,5,10,16H2. The van der Waals surface area contributed by atoms with E-state index in [1.807, 2.05) is 24.3 Å². The molecule has 0 saturated heterocycles. The maximum absolute atomic E-state index is 13.1. The Labute approximate surface area is 181 Å². The molecule has 2 aliphatic carbocycles. The summed E-state index contributed by atoms with van der Waals surface area (Å²) in [5, 5.41) is 4.96. The van der Waals surface area contributed by atoms with Gasteiger partial charge in [-0.3, -0.25) is 0 Å². The van der Waals surface area contributed by atoms with E-state index in [1.165, 1.54) is 32.0 Å². The highest BCUT2D eigenvalue weighted by Gasteiger charge is 2.28. The molecule has 1 atom stereocenters. The summed E-state index contributed by atoms with van der Waals surface area (Å²) >= 11 is 0. The van der Waals surface area contributed by atoms with Crippen molar-refractivity contribution < 1.29 is 8.42 Å². The van der Waals surface area contributed by atoms with E-state index < -0.39 is 10.0 Å². The molecule has 0 fully saturated rings. The van der Waals surface area contributed by atoms with Gasteiger partial charge in [0, 0.05) is 5.92 Å². The molecular weight excluding hydrogens is 402 g/mol. The van der Waals surface area contributed by atoms with Gasteiger partial charge in [0.25, 0.3) is 10.0 Å². The molecule has 3 nitrogen and oxygen atoms in total. The van der Waals surface area contributed by atoms with Crippen LogP contribution >= 0.6 is 0 Å². The fourth-order valence-electron chi connectivity index (χ4n) is 5.15. The van der Waals surface area contributed by atoms with E-state index in [9.17, 15) is 8.42 Å². The summed E-state index contributed by atoms with van der Waals surface area (Å²) in [6.45, 7) is 0. The molecule has 1 heterocycles. The first-order chi connectivity index (χ1) is 15.1. The second kappa shape index (κ2) is 6.89. The van der Waals surface area contributed by atoms with E-state index in [2.05, 4.69) is 52.9 Å². The molecule has 4 heteroatoms. The van der Waals surface area contributed by atoms with E-state index in [0.717, 1.165) is 19.3 Å². The van der Waals surface area contributed by atoms with Crippen molar-refractivity contribution in [3.63, 3.8) is 0 Å². The second-order valence-electron chi connectivity index (χ2n) is 8.29. The molecular formula is C27H21NO2S. The largest absolute Gasteiger partial charge is 0.283 e. The third-order valence-electron chi connectivity index (χ3n) is 6.55. The van der Waals surface area contributed by atoms with Gasteiger partial charge >= 0.3 is 0 Å². The molecule has 0 amide bonds. The van der Waals surface area contributed by atoms with Crippen LogP contribution in [0.25, 0.3) is 18.2 Å². The van der Waals surface area contributed by atoms with Crippen molar-refractivity contribution in [2.45, 2.75) is 30.1 Å². The molecule has 1 aliphatic heterocycles. The third-order valence-corrected chi connectivity index (χ3v) is 7.93. The normalized spacial score (nSPS) is 20.0. The number of hydrogen-bond donors (Lipinski definition) is 0. The third kappa shape index (κ3) is 2.94. The molecule has 0 bridgehead atoms. The quantitative estimate of drug-likeness (QED) is 0.597. The SMILES string of the molecule is O=S1(=O)N=C(C2CCC=c3ccc4c(c32)CC=c2ccccc2=4)C=Cc2ccccc21. The molecule has 0 spiro atoms. The van der Waals surface area contributed by atoms with Crippen LogP contribution in [0.3, 0.4) is 0 Å². The number of nitrogens with zero attached hydrogens (tertiary/aromatic N) is 1. The van der Waals surface area contributed by atoms with Crippen LogP contribution in [0, 0.1) is 10.4 Å². The van der Waals surface area contributed by atoms with Gasteiger partial charge in [-0.25, -0.2) is 0 Å². The predicted molar refractivity (Wildman–Crippen MR) is 125 cm³/mol. The number of sulfonamides is 1. The van der Waals surface area contributed by atoms with E-state index in [-0.39, 0.29) is 10.8 Å². The first kappa shape index (κ1) is 18.5. The zero-order valence-electron chi connectivity index (χ0n) is 17.0. The number of allylic oxidation sites excluding steroid dienone is 1. The lowest BCUT2D eigenvalue weighted by Crippen LogP contribution is -2.27. The highest BCUT2D eigenvalue weighted by molar-refractivity contribution is 7.90. The van der Waals surface area contributed by atoms with Crippen LogP contribution in [-0.4, -0.2) is 14.1 Å². The molecule has 3 aromatic rings. The maximum Gasteiger partial charge on any atom is 0.283 e. The molecule has 0 radical (unpaired) electrons. The molecule has 3 aromatic carbocycles. The lowest BCUT2D eigenvalue weighted by Gasteiger charge is -2.25. The monoisotopic (exact) mass is 423 g/mol. The summed E-state index contributed by atoms with van der Waals surface area (Å²) in [4.78, 5) is 0.279. The van der Waals surface area contributed by atoms with Crippen LogP contribution in [0.5, 0.6) is 0 Å². The van der Waals surface area contributed by atoms with Gasteiger partial charge in [0.05, 0.1) is 10.6 Å². The summed E-state index contributed by atoms with van der Waals surface area (Å²) in [6, 6.07) is 20.0. The van der Waals surface area contributed by atoms with Crippen LogP contribution in [0.1, 0.15) is 35.4 Å². The highest BCUT2D eigenvalue weighted by Crippen LogP contribution is 2.32. The van der Waals surface area contributed by atoms with E-state index >= 15 is 0 Å². The molecule has 3 aliphatic rings. The average Bonchev–Trinajstić information content (AvgIpc) is 2.94. The number of fused-ring (bicyclic) bond motifs is 5. The fourth-order valence-corrected chi connectivity index (χ4v) is 6.40. The summed E-state index contributed by atoms with van der Waals surface area (Å²) in [5.74, 6) is -0.0334. The van der Waals surface area contributed by atoms with E-state index in [1.54, 1.807) is 12.1 Å². The van der Waals surface area contributed by atoms with Crippen LogP contribution in [-0.2, 0) is 16.4 Å². The summed E-state index contributed by atoms with van der Waals surface area (Å²) in [5.41, 5.74) is 3.87. The van der Waals surface area contributed by atoms with Crippen molar-refractivity contribution >= 4 is 34.0 Å². The Bertz CT molecular complexity index is 1630. The van der Waals surface area contributed by atoms with Crippen LogP contribution in [0.15, 0.2) is 76.0 Å².